The predicted molar refractivity (Wildman–Crippen MR) is 104 cm³/mol. The maximum Gasteiger partial charge on any atom is 0.134 e. The molecule has 1 saturated carbocycles. The van der Waals surface area contributed by atoms with Crippen molar-refractivity contribution in [2.45, 2.75) is 56.3 Å². The Hall–Kier alpha value is -2.39. The fraction of sp³-hybridized carbons (Fsp3) is 0.435. The Bertz CT molecular complexity index is 883. The summed E-state index contributed by atoms with van der Waals surface area (Å²) in [5.41, 5.74) is 4.17. The minimum atomic E-state index is -0.563. The highest BCUT2D eigenvalue weighted by molar-refractivity contribution is 5.52. The summed E-state index contributed by atoms with van der Waals surface area (Å²) in [5, 5.41) is 39.4. The molecule has 5 heteroatoms. The van der Waals surface area contributed by atoms with E-state index in [0.717, 1.165) is 16.7 Å². The van der Waals surface area contributed by atoms with Crippen LogP contribution in [0.4, 0.5) is 0 Å². The Morgan fingerprint density at radius 3 is 2.46 bits per heavy atom. The van der Waals surface area contributed by atoms with Gasteiger partial charge in [0.1, 0.15) is 11.8 Å². The molecule has 4 rings (SSSR count). The standard InChI is InChI=1S/C23H25NO4/c24-12-21-17(7-14-1-3-15(4-2-14)16-5-6-16)8-18(9-22(21)27)23-11-19(26)10-20(13-25)28-23/h1-4,8-9,16,19-20,23,25-27H,5-7,10-11,13H2/t19?,20-,23+/m0/s1. The number of nitrogens with zero attached hydrogens (tertiary/aromatic N) is 1. The number of phenols is 1. The van der Waals surface area contributed by atoms with Crippen molar-refractivity contribution in [1.29, 1.82) is 5.26 Å². The summed E-state index contributed by atoms with van der Waals surface area (Å²) >= 11 is 0. The summed E-state index contributed by atoms with van der Waals surface area (Å²) in [5.74, 6) is 0.624. The van der Waals surface area contributed by atoms with Gasteiger partial charge in [0.15, 0.2) is 0 Å². The normalized spacial score (nSPS) is 24.7. The summed E-state index contributed by atoms with van der Waals surface area (Å²) in [6, 6.07) is 14.0. The van der Waals surface area contributed by atoms with Gasteiger partial charge < -0.3 is 20.1 Å². The first-order chi connectivity index (χ1) is 13.6. The van der Waals surface area contributed by atoms with Gasteiger partial charge in [-0.15, -0.1) is 0 Å². The highest BCUT2D eigenvalue weighted by atomic mass is 16.5. The molecule has 3 N–H and O–H groups in total. The van der Waals surface area contributed by atoms with Gasteiger partial charge in [-0.3, -0.25) is 0 Å². The summed E-state index contributed by atoms with van der Waals surface area (Å²) in [7, 11) is 0. The van der Waals surface area contributed by atoms with Crippen LogP contribution < -0.4 is 0 Å². The zero-order valence-corrected chi connectivity index (χ0v) is 15.7. The van der Waals surface area contributed by atoms with E-state index in [4.69, 9.17) is 4.74 Å². The van der Waals surface area contributed by atoms with Gasteiger partial charge >= 0.3 is 0 Å². The number of aliphatic hydroxyl groups excluding tert-OH is 2. The topological polar surface area (TPSA) is 93.7 Å². The van der Waals surface area contributed by atoms with Crippen LogP contribution in [0.25, 0.3) is 0 Å². The largest absolute Gasteiger partial charge is 0.507 e. The first-order valence-electron chi connectivity index (χ1n) is 9.86. The SMILES string of the molecule is N#Cc1c(O)cc([C@H]2CC(O)C[C@@H](CO)O2)cc1Cc1ccc(C2CC2)cc1. The number of aliphatic hydroxyl groups is 2. The van der Waals surface area contributed by atoms with Gasteiger partial charge in [0.2, 0.25) is 0 Å². The lowest BCUT2D eigenvalue weighted by molar-refractivity contribution is -0.113. The molecule has 2 fully saturated rings. The molecule has 0 bridgehead atoms. The first kappa shape index (κ1) is 18.9. The van der Waals surface area contributed by atoms with Crippen molar-refractivity contribution in [1.82, 2.24) is 0 Å². The molecule has 0 radical (unpaired) electrons. The number of aromatic hydroxyl groups is 1. The summed E-state index contributed by atoms with van der Waals surface area (Å²) in [6.07, 6.45) is 2.44. The monoisotopic (exact) mass is 379 g/mol. The van der Waals surface area contributed by atoms with E-state index in [9.17, 15) is 20.6 Å². The fourth-order valence-corrected chi connectivity index (χ4v) is 4.03. The van der Waals surface area contributed by atoms with Crippen LogP contribution in [0.3, 0.4) is 0 Å². The van der Waals surface area contributed by atoms with E-state index in [1.54, 1.807) is 0 Å². The Labute approximate surface area is 164 Å². The van der Waals surface area contributed by atoms with Crippen LogP contribution in [0.2, 0.25) is 0 Å². The minimum Gasteiger partial charge on any atom is -0.507 e. The first-order valence-corrected chi connectivity index (χ1v) is 9.86. The Kier molecular flexibility index (Phi) is 5.36. The van der Waals surface area contributed by atoms with Gasteiger partial charge in [0, 0.05) is 12.8 Å². The second kappa shape index (κ2) is 7.92. The second-order valence-corrected chi connectivity index (χ2v) is 7.93. The summed E-state index contributed by atoms with van der Waals surface area (Å²) in [6.45, 7) is -0.157. The van der Waals surface area contributed by atoms with E-state index in [2.05, 4.69) is 30.3 Å². The molecule has 0 aromatic heterocycles. The number of ether oxygens (including phenoxy) is 1. The predicted octanol–water partition coefficient (Wildman–Crippen LogP) is 3.31. The molecule has 0 amide bonds. The van der Waals surface area contributed by atoms with E-state index in [0.29, 0.717) is 25.2 Å². The molecule has 3 atom stereocenters. The number of rotatable bonds is 5. The lowest BCUT2D eigenvalue weighted by Crippen LogP contribution is -2.33. The van der Waals surface area contributed by atoms with Crippen LogP contribution in [0.15, 0.2) is 36.4 Å². The molecule has 2 aromatic rings. The average Bonchev–Trinajstić information content (AvgIpc) is 3.53. The van der Waals surface area contributed by atoms with Crippen LogP contribution >= 0.6 is 0 Å². The smallest absolute Gasteiger partial charge is 0.134 e. The Morgan fingerprint density at radius 1 is 1.07 bits per heavy atom. The highest BCUT2D eigenvalue weighted by Crippen LogP contribution is 2.40. The Balaban J connectivity index is 1.61. The van der Waals surface area contributed by atoms with Crippen LogP contribution in [0, 0.1) is 11.3 Å². The molecule has 146 valence electrons. The van der Waals surface area contributed by atoms with E-state index in [1.807, 2.05) is 6.07 Å². The molecule has 1 heterocycles. The Morgan fingerprint density at radius 2 is 1.82 bits per heavy atom. The molecule has 1 unspecified atom stereocenters. The quantitative estimate of drug-likeness (QED) is 0.741. The second-order valence-electron chi connectivity index (χ2n) is 7.93. The minimum absolute atomic E-state index is 0.0752. The van der Waals surface area contributed by atoms with E-state index in [1.165, 1.54) is 24.5 Å². The van der Waals surface area contributed by atoms with E-state index in [-0.39, 0.29) is 17.9 Å². The zero-order chi connectivity index (χ0) is 19.7. The third-order valence-corrected chi connectivity index (χ3v) is 5.71. The molecule has 1 aliphatic carbocycles. The number of benzene rings is 2. The molecule has 2 aliphatic rings. The average molecular weight is 379 g/mol. The van der Waals surface area contributed by atoms with Crippen LogP contribution in [0.5, 0.6) is 5.75 Å². The lowest BCUT2D eigenvalue weighted by Gasteiger charge is -2.33. The van der Waals surface area contributed by atoms with Gasteiger partial charge in [0.25, 0.3) is 0 Å². The van der Waals surface area contributed by atoms with Crippen molar-refractivity contribution in [3.63, 3.8) is 0 Å². The van der Waals surface area contributed by atoms with Crippen molar-refractivity contribution in [2.24, 2.45) is 0 Å². The van der Waals surface area contributed by atoms with E-state index >= 15 is 0 Å². The molecule has 1 saturated heterocycles. The van der Waals surface area contributed by atoms with Crippen molar-refractivity contribution >= 4 is 0 Å². The molecule has 28 heavy (non-hydrogen) atoms. The molecular formula is C23H25NO4. The van der Waals surface area contributed by atoms with Crippen LogP contribution in [0.1, 0.15) is 65.5 Å². The van der Waals surface area contributed by atoms with Gasteiger partial charge in [-0.25, -0.2) is 0 Å². The molecule has 2 aromatic carbocycles. The fourth-order valence-electron chi connectivity index (χ4n) is 4.03. The maximum atomic E-state index is 10.4. The molecular weight excluding hydrogens is 354 g/mol. The number of nitriles is 1. The highest BCUT2D eigenvalue weighted by Gasteiger charge is 2.30. The number of hydrogen-bond donors (Lipinski definition) is 3. The van der Waals surface area contributed by atoms with Gasteiger partial charge in [0.05, 0.1) is 30.5 Å². The van der Waals surface area contributed by atoms with Crippen molar-refractivity contribution in [3.05, 3.63) is 64.2 Å². The zero-order valence-electron chi connectivity index (χ0n) is 15.7. The van der Waals surface area contributed by atoms with Crippen molar-refractivity contribution < 1.29 is 20.1 Å². The van der Waals surface area contributed by atoms with Crippen LogP contribution in [-0.2, 0) is 11.2 Å². The van der Waals surface area contributed by atoms with Crippen molar-refractivity contribution in [3.8, 4) is 11.8 Å². The third kappa shape index (κ3) is 4.05. The molecule has 0 spiro atoms. The maximum absolute atomic E-state index is 10.4. The number of hydrogen-bond acceptors (Lipinski definition) is 5. The van der Waals surface area contributed by atoms with Gasteiger partial charge in [-0.05, 0) is 53.5 Å². The van der Waals surface area contributed by atoms with Crippen LogP contribution in [-0.4, -0.2) is 34.1 Å². The van der Waals surface area contributed by atoms with Gasteiger partial charge in [-0.2, -0.15) is 5.26 Å². The molecule has 5 nitrogen and oxygen atoms in total. The van der Waals surface area contributed by atoms with Gasteiger partial charge in [-0.1, -0.05) is 30.3 Å². The lowest BCUT2D eigenvalue weighted by atomic mass is 9.91. The molecule has 1 aliphatic heterocycles. The van der Waals surface area contributed by atoms with Crippen molar-refractivity contribution in [2.75, 3.05) is 6.61 Å². The summed E-state index contributed by atoms with van der Waals surface area (Å²) < 4.78 is 5.87. The third-order valence-electron chi connectivity index (χ3n) is 5.71. The van der Waals surface area contributed by atoms with E-state index < -0.39 is 18.3 Å². The number of phenolic OH excluding ortho intramolecular Hbond substituents is 1. The summed E-state index contributed by atoms with van der Waals surface area (Å²) in [4.78, 5) is 0.